The van der Waals surface area contributed by atoms with Crippen molar-refractivity contribution < 1.29 is 4.74 Å². The number of ether oxygens (including phenoxy) is 1. The zero-order chi connectivity index (χ0) is 12.8. The second-order valence-corrected chi connectivity index (χ2v) is 3.75. The van der Waals surface area contributed by atoms with Crippen molar-refractivity contribution in [3.05, 3.63) is 36.7 Å². The van der Waals surface area contributed by atoms with E-state index in [0.717, 1.165) is 29.4 Å². The highest BCUT2D eigenvalue weighted by atomic mass is 16.5. The van der Waals surface area contributed by atoms with Crippen LogP contribution >= 0.6 is 0 Å². The van der Waals surface area contributed by atoms with Crippen LogP contribution in [0.25, 0.3) is 11.3 Å². The molecule has 2 aromatic rings. The fraction of sp³-hybridized carbons (Fsp3) is 0.286. The minimum Gasteiger partial charge on any atom is -0.493 e. The van der Waals surface area contributed by atoms with Gasteiger partial charge in [0.05, 0.1) is 24.7 Å². The fourth-order valence-electron chi connectivity index (χ4n) is 1.72. The van der Waals surface area contributed by atoms with Crippen LogP contribution in [-0.2, 0) is 0 Å². The monoisotopic (exact) mass is 243 g/mol. The predicted octanol–water partition coefficient (Wildman–Crippen LogP) is 2.97. The van der Waals surface area contributed by atoms with Gasteiger partial charge in [-0.2, -0.15) is 0 Å². The molecule has 1 aromatic carbocycles. The van der Waals surface area contributed by atoms with Crippen LogP contribution in [0.1, 0.15) is 13.8 Å². The highest BCUT2D eigenvalue weighted by Crippen LogP contribution is 2.28. The van der Waals surface area contributed by atoms with E-state index in [2.05, 4.69) is 15.3 Å². The minimum absolute atomic E-state index is 0.636. The maximum atomic E-state index is 5.60. The van der Waals surface area contributed by atoms with Crippen molar-refractivity contribution in [1.82, 2.24) is 9.97 Å². The van der Waals surface area contributed by atoms with Gasteiger partial charge >= 0.3 is 0 Å². The van der Waals surface area contributed by atoms with E-state index in [4.69, 9.17) is 4.74 Å². The van der Waals surface area contributed by atoms with Gasteiger partial charge in [-0.3, -0.25) is 4.98 Å². The Morgan fingerprint density at radius 3 is 2.78 bits per heavy atom. The van der Waals surface area contributed by atoms with Gasteiger partial charge < -0.3 is 10.1 Å². The first-order valence-corrected chi connectivity index (χ1v) is 6.13. The molecule has 1 aromatic heterocycles. The molecule has 4 heteroatoms. The van der Waals surface area contributed by atoms with Crippen molar-refractivity contribution in [2.24, 2.45) is 0 Å². The molecule has 2 rings (SSSR count). The quantitative estimate of drug-likeness (QED) is 0.877. The number of aromatic nitrogens is 2. The summed E-state index contributed by atoms with van der Waals surface area (Å²) in [5, 5.41) is 3.15. The van der Waals surface area contributed by atoms with Crippen LogP contribution in [0.5, 0.6) is 5.75 Å². The Bertz CT molecular complexity index is 514. The number of nitrogens with zero attached hydrogens (tertiary/aromatic N) is 2. The van der Waals surface area contributed by atoms with Gasteiger partial charge in [-0.1, -0.05) is 12.1 Å². The third kappa shape index (κ3) is 2.77. The summed E-state index contributed by atoms with van der Waals surface area (Å²) in [5.74, 6) is 1.62. The van der Waals surface area contributed by atoms with Crippen LogP contribution in [-0.4, -0.2) is 23.1 Å². The highest BCUT2D eigenvalue weighted by Gasteiger charge is 2.07. The molecule has 1 heterocycles. The Labute approximate surface area is 107 Å². The van der Waals surface area contributed by atoms with E-state index in [1.807, 2.05) is 38.1 Å². The summed E-state index contributed by atoms with van der Waals surface area (Å²) in [6, 6.07) is 7.86. The van der Waals surface area contributed by atoms with Crippen LogP contribution < -0.4 is 10.1 Å². The molecule has 0 aliphatic carbocycles. The number of para-hydroxylation sites is 1. The SMILES string of the molecule is CCNc1cncc(-c2ccccc2OCC)n1. The largest absolute Gasteiger partial charge is 0.493 e. The van der Waals surface area contributed by atoms with Gasteiger partial charge in [0, 0.05) is 12.1 Å². The first-order chi connectivity index (χ1) is 8.85. The molecule has 0 saturated heterocycles. The van der Waals surface area contributed by atoms with Crippen LogP contribution in [0, 0.1) is 0 Å². The average Bonchev–Trinajstić information content (AvgIpc) is 2.40. The smallest absolute Gasteiger partial charge is 0.145 e. The molecular weight excluding hydrogens is 226 g/mol. The van der Waals surface area contributed by atoms with Crippen molar-refractivity contribution >= 4 is 5.82 Å². The molecular formula is C14H17N3O. The number of nitrogens with one attached hydrogen (secondary N) is 1. The normalized spacial score (nSPS) is 10.1. The van der Waals surface area contributed by atoms with Gasteiger partial charge in [0.2, 0.25) is 0 Å². The Morgan fingerprint density at radius 1 is 1.17 bits per heavy atom. The third-order valence-corrected chi connectivity index (χ3v) is 2.46. The summed E-state index contributed by atoms with van der Waals surface area (Å²) >= 11 is 0. The zero-order valence-electron chi connectivity index (χ0n) is 10.7. The predicted molar refractivity (Wildman–Crippen MR) is 72.8 cm³/mol. The molecule has 18 heavy (non-hydrogen) atoms. The molecule has 0 aliphatic rings. The summed E-state index contributed by atoms with van der Waals surface area (Å²) in [6.07, 6.45) is 3.47. The Morgan fingerprint density at radius 2 is 2.00 bits per heavy atom. The van der Waals surface area contributed by atoms with E-state index < -0.39 is 0 Å². The van der Waals surface area contributed by atoms with E-state index in [1.165, 1.54) is 0 Å². The van der Waals surface area contributed by atoms with Crippen molar-refractivity contribution in [1.29, 1.82) is 0 Å². The first-order valence-electron chi connectivity index (χ1n) is 6.13. The summed E-state index contributed by atoms with van der Waals surface area (Å²) in [7, 11) is 0. The molecule has 0 fully saturated rings. The summed E-state index contributed by atoms with van der Waals surface area (Å²) < 4.78 is 5.60. The van der Waals surface area contributed by atoms with E-state index in [1.54, 1.807) is 12.4 Å². The second kappa shape index (κ2) is 6.00. The van der Waals surface area contributed by atoms with Gasteiger partial charge in [0.1, 0.15) is 11.6 Å². The number of rotatable bonds is 5. The van der Waals surface area contributed by atoms with Crippen LogP contribution in [0.3, 0.4) is 0 Å². The number of anilines is 1. The van der Waals surface area contributed by atoms with Crippen molar-refractivity contribution in [2.45, 2.75) is 13.8 Å². The minimum atomic E-state index is 0.636. The molecule has 0 spiro atoms. The van der Waals surface area contributed by atoms with Gasteiger partial charge in [-0.25, -0.2) is 4.98 Å². The van der Waals surface area contributed by atoms with Crippen molar-refractivity contribution in [3.8, 4) is 17.0 Å². The van der Waals surface area contributed by atoms with Gasteiger partial charge in [-0.15, -0.1) is 0 Å². The van der Waals surface area contributed by atoms with E-state index in [9.17, 15) is 0 Å². The Kier molecular flexibility index (Phi) is 4.12. The summed E-state index contributed by atoms with van der Waals surface area (Å²) in [6.45, 7) is 5.46. The first kappa shape index (κ1) is 12.4. The molecule has 0 bridgehead atoms. The highest BCUT2D eigenvalue weighted by molar-refractivity contribution is 5.67. The van der Waals surface area contributed by atoms with Crippen molar-refractivity contribution in [2.75, 3.05) is 18.5 Å². The number of hydrogen-bond donors (Lipinski definition) is 1. The van der Waals surface area contributed by atoms with Gasteiger partial charge in [0.15, 0.2) is 0 Å². The summed E-state index contributed by atoms with van der Waals surface area (Å²) in [5.41, 5.74) is 1.78. The lowest BCUT2D eigenvalue weighted by atomic mass is 10.1. The van der Waals surface area contributed by atoms with E-state index >= 15 is 0 Å². The maximum absolute atomic E-state index is 5.60. The molecule has 0 aliphatic heterocycles. The lowest BCUT2D eigenvalue weighted by Crippen LogP contribution is -2.01. The lowest BCUT2D eigenvalue weighted by Gasteiger charge is -2.10. The molecule has 94 valence electrons. The standard InChI is InChI=1S/C14H17N3O/c1-3-16-14-10-15-9-12(17-14)11-7-5-6-8-13(11)18-4-2/h5-10H,3-4H2,1-2H3,(H,16,17). The van der Waals surface area contributed by atoms with E-state index in [0.29, 0.717) is 6.61 Å². The zero-order valence-corrected chi connectivity index (χ0v) is 10.7. The molecule has 0 unspecified atom stereocenters. The molecule has 4 nitrogen and oxygen atoms in total. The topological polar surface area (TPSA) is 47.0 Å². The summed E-state index contributed by atoms with van der Waals surface area (Å²) in [4.78, 5) is 8.72. The molecule has 0 saturated carbocycles. The average molecular weight is 243 g/mol. The van der Waals surface area contributed by atoms with Gasteiger partial charge in [-0.05, 0) is 26.0 Å². The fourth-order valence-corrected chi connectivity index (χ4v) is 1.72. The molecule has 0 amide bonds. The van der Waals surface area contributed by atoms with Crippen LogP contribution in [0.2, 0.25) is 0 Å². The van der Waals surface area contributed by atoms with Crippen molar-refractivity contribution in [3.63, 3.8) is 0 Å². The number of benzene rings is 1. The van der Waals surface area contributed by atoms with E-state index in [-0.39, 0.29) is 0 Å². The van der Waals surface area contributed by atoms with Crippen LogP contribution in [0.15, 0.2) is 36.7 Å². The van der Waals surface area contributed by atoms with Crippen LogP contribution in [0.4, 0.5) is 5.82 Å². The maximum Gasteiger partial charge on any atom is 0.145 e. The third-order valence-electron chi connectivity index (χ3n) is 2.46. The Hall–Kier alpha value is -2.10. The number of hydrogen-bond acceptors (Lipinski definition) is 4. The molecule has 1 N–H and O–H groups in total. The lowest BCUT2D eigenvalue weighted by molar-refractivity contribution is 0.341. The Balaban J connectivity index is 2.38. The molecule has 0 radical (unpaired) electrons. The van der Waals surface area contributed by atoms with Gasteiger partial charge in [0.25, 0.3) is 0 Å². The second-order valence-electron chi connectivity index (χ2n) is 3.75. The molecule has 0 atom stereocenters.